The number of hydrogen-bond acceptors (Lipinski definition) is 3. The first kappa shape index (κ1) is 13.5. The Morgan fingerprint density at radius 3 is 2.64 bits per heavy atom. The second-order valence-electron chi connectivity index (χ2n) is 6.35. The number of benzene rings is 2. The summed E-state index contributed by atoms with van der Waals surface area (Å²) in [4.78, 5) is 12.7. The van der Waals surface area contributed by atoms with E-state index in [1.165, 1.54) is 0 Å². The zero-order chi connectivity index (χ0) is 15.5. The molecule has 4 rings (SSSR count). The van der Waals surface area contributed by atoms with Gasteiger partial charge in [-0.3, -0.25) is 4.79 Å². The third-order valence-electron chi connectivity index (χ3n) is 4.79. The molecule has 2 aliphatic rings. The van der Waals surface area contributed by atoms with Gasteiger partial charge in [-0.25, -0.2) is 0 Å². The normalized spacial score (nSPS) is 17.5. The lowest BCUT2D eigenvalue weighted by Gasteiger charge is -2.14. The molecule has 1 heterocycles. The van der Waals surface area contributed by atoms with Crippen LogP contribution in [0.4, 0.5) is 0 Å². The first-order valence-electron chi connectivity index (χ1n) is 7.64. The summed E-state index contributed by atoms with van der Waals surface area (Å²) in [5, 5.41) is 9.35. The zero-order valence-electron chi connectivity index (χ0n) is 12.8. The molecule has 1 aliphatic heterocycles. The number of ketones is 1. The van der Waals surface area contributed by atoms with Crippen LogP contribution in [-0.2, 0) is 6.61 Å². The molecule has 2 aromatic carbocycles. The summed E-state index contributed by atoms with van der Waals surface area (Å²) >= 11 is 0. The van der Waals surface area contributed by atoms with Gasteiger partial charge < -0.3 is 9.84 Å². The molecule has 1 saturated carbocycles. The summed E-state index contributed by atoms with van der Waals surface area (Å²) in [5.41, 5.74) is 5.25. The molecule has 0 atom stereocenters. The van der Waals surface area contributed by atoms with Gasteiger partial charge in [0.15, 0.2) is 5.60 Å². The van der Waals surface area contributed by atoms with Crippen molar-refractivity contribution in [1.29, 1.82) is 0 Å². The second-order valence-corrected chi connectivity index (χ2v) is 6.35. The van der Waals surface area contributed by atoms with Gasteiger partial charge in [0, 0.05) is 0 Å². The summed E-state index contributed by atoms with van der Waals surface area (Å²) in [7, 11) is 0. The number of fused-ring (bicyclic) bond motifs is 1. The number of carbonyl (C=O) groups excluding carboxylic acids is 1. The van der Waals surface area contributed by atoms with E-state index in [4.69, 9.17) is 4.74 Å². The predicted octanol–water partition coefficient (Wildman–Crippen LogP) is 3.57. The maximum absolute atomic E-state index is 12.7. The van der Waals surface area contributed by atoms with Gasteiger partial charge in [0.1, 0.15) is 5.75 Å². The second kappa shape index (κ2) is 4.43. The Kier molecular flexibility index (Phi) is 2.73. The molecule has 22 heavy (non-hydrogen) atoms. The highest BCUT2D eigenvalue weighted by Crippen LogP contribution is 2.52. The maximum atomic E-state index is 12.7. The van der Waals surface area contributed by atoms with Crippen LogP contribution in [0.3, 0.4) is 0 Å². The van der Waals surface area contributed by atoms with E-state index >= 15 is 0 Å². The summed E-state index contributed by atoms with van der Waals surface area (Å²) in [6, 6.07) is 9.82. The van der Waals surface area contributed by atoms with E-state index in [9.17, 15) is 9.90 Å². The quantitative estimate of drug-likeness (QED) is 0.921. The van der Waals surface area contributed by atoms with Crippen molar-refractivity contribution in [3.8, 4) is 16.9 Å². The Balaban J connectivity index is 1.91. The fourth-order valence-corrected chi connectivity index (χ4v) is 3.51. The van der Waals surface area contributed by atoms with Crippen LogP contribution in [0.5, 0.6) is 5.75 Å². The Hall–Kier alpha value is -2.13. The van der Waals surface area contributed by atoms with Crippen molar-refractivity contribution in [2.24, 2.45) is 0 Å². The first-order valence-corrected chi connectivity index (χ1v) is 7.64. The van der Waals surface area contributed by atoms with Crippen molar-refractivity contribution in [2.45, 2.75) is 38.9 Å². The minimum atomic E-state index is -0.550. The third kappa shape index (κ3) is 1.75. The fourth-order valence-electron chi connectivity index (χ4n) is 3.51. The molecule has 0 unspecified atom stereocenters. The number of aliphatic hydroxyl groups is 1. The Bertz CT molecular complexity index is 801. The minimum Gasteiger partial charge on any atom is -0.478 e. The lowest BCUT2D eigenvalue weighted by molar-refractivity contribution is 0.0820. The average Bonchev–Trinajstić information content (AvgIpc) is 3.22. The summed E-state index contributed by atoms with van der Waals surface area (Å²) in [5.74, 6) is 0.874. The molecule has 0 aromatic heterocycles. The van der Waals surface area contributed by atoms with Gasteiger partial charge in [0.25, 0.3) is 0 Å². The first-order chi connectivity index (χ1) is 10.6. The summed E-state index contributed by atoms with van der Waals surface area (Å²) < 4.78 is 5.93. The van der Waals surface area contributed by atoms with Gasteiger partial charge in [-0.15, -0.1) is 0 Å². The number of aliphatic hydroxyl groups excluding tert-OH is 1. The third-order valence-corrected chi connectivity index (χ3v) is 4.79. The van der Waals surface area contributed by atoms with Gasteiger partial charge in [0.05, 0.1) is 12.2 Å². The van der Waals surface area contributed by atoms with E-state index in [0.717, 1.165) is 52.0 Å². The van der Waals surface area contributed by atoms with Crippen molar-refractivity contribution in [3.05, 3.63) is 52.6 Å². The van der Waals surface area contributed by atoms with E-state index in [0.29, 0.717) is 0 Å². The molecule has 3 heteroatoms. The van der Waals surface area contributed by atoms with Crippen LogP contribution >= 0.6 is 0 Å². The van der Waals surface area contributed by atoms with Crippen LogP contribution in [0.2, 0.25) is 0 Å². The van der Waals surface area contributed by atoms with Crippen LogP contribution in [0.15, 0.2) is 30.3 Å². The number of carbonyl (C=O) groups is 1. The molecule has 0 radical (unpaired) electrons. The minimum absolute atomic E-state index is 0.0159. The van der Waals surface area contributed by atoms with Gasteiger partial charge in [-0.1, -0.05) is 18.2 Å². The van der Waals surface area contributed by atoms with Crippen molar-refractivity contribution in [1.82, 2.24) is 0 Å². The SMILES string of the molecule is Cc1cc2c(c(C)c1-c1cccc(CO)c1)C(=O)C1(CC1)O2. The molecular weight excluding hydrogens is 276 g/mol. The molecule has 3 nitrogen and oxygen atoms in total. The van der Waals surface area contributed by atoms with E-state index in [1.54, 1.807) is 0 Å². The topological polar surface area (TPSA) is 46.5 Å². The molecule has 1 N–H and O–H groups in total. The van der Waals surface area contributed by atoms with Crippen molar-refractivity contribution < 1.29 is 14.6 Å². The largest absolute Gasteiger partial charge is 0.478 e. The van der Waals surface area contributed by atoms with E-state index in [2.05, 4.69) is 0 Å². The van der Waals surface area contributed by atoms with Gasteiger partial charge >= 0.3 is 0 Å². The van der Waals surface area contributed by atoms with Gasteiger partial charge in [-0.05, 0) is 66.6 Å². The van der Waals surface area contributed by atoms with Crippen LogP contribution in [0.25, 0.3) is 11.1 Å². The molecule has 0 amide bonds. The monoisotopic (exact) mass is 294 g/mol. The van der Waals surface area contributed by atoms with Crippen LogP contribution < -0.4 is 4.74 Å². The molecule has 0 saturated heterocycles. The summed E-state index contributed by atoms with van der Waals surface area (Å²) in [6.45, 7) is 4.05. The maximum Gasteiger partial charge on any atom is 0.210 e. The van der Waals surface area contributed by atoms with E-state index < -0.39 is 5.60 Å². The Morgan fingerprint density at radius 2 is 1.95 bits per heavy atom. The molecule has 112 valence electrons. The van der Waals surface area contributed by atoms with Crippen molar-refractivity contribution in [2.75, 3.05) is 0 Å². The average molecular weight is 294 g/mol. The van der Waals surface area contributed by atoms with Gasteiger partial charge in [-0.2, -0.15) is 0 Å². The van der Waals surface area contributed by atoms with Gasteiger partial charge in [0.2, 0.25) is 5.78 Å². The molecule has 0 bridgehead atoms. The highest BCUT2D eigenvalue weighted by molar-refractivity contribution is 6.11. The highest BCUT2D eigenvalue weighted by Gasteiger charge is 2.58. The van der Waals surface area contributed by atoms with Crippen LogP contribution in [-0.4, -0.2) is 16.5 Å². The molecule has 2 aromatic rings. The fraction of sp³-hybridized carbons (Fsp3) is 0.316. The lowest BCUT2D eigenvalue weighted by atomic mass is 9.89. The van der Waals surface area contributed by atoms with E-state index in [1.807, 2.05) is 44.2 Å². The smallest absolute Gasteiger partial charge is 0.210 e. The zero-order valence-corrected chi connectivity index (χ0v) is 12.8. The number of hydrogen-bond donors (Lipinski definition) is 1. The molecule has 1 spiro atoms. The standard InChI is InChI=1S/C19H18O3/c1-11-8-15-17(18(21)19(22-15)6-7-19)12(2)16(11)14-5-3-4-13(9-14)10-20/h3-5,8-9,20H,6-7,10H2,1-2H3. The van der Waals surface area contributed by atoms with Crippen molar-refractivity contribution >= 4 is 5.78 Å². The number of rotatable bonds is 2. The Morgan fingerprint density at radius 1 is 1.18 bits per heavy atom. The molecular formula is C19H18O3. The van der Waals surface area contributed by atoms with Crippen LogP contribution in [0.1, 0.15) is 39.9 Å². The van der Waals surface area contributed by atoms with Crippen LogP contribution in [0, 0.1) is 13.8 Å². The molecule has 1 fully saturated rings. The highest BCUT2D eigenvalue weighted by atomic mass is 16.5. The lowest BCUT2D eigenvalue weighted by Crippen LogP contribution is -2.22. The number of ether oxygens (including phenoxy) is 1. The number of Topliss-reactive ketones (excluding diaryl/α,β-unsaturated/α-hetero) is 1. The predicted molar refractivity (Wildman–Crippen MR) is 84.2 cm³/mol. The number of aryl methyl sites for hydroxylation is 1. The Labute approximate surface area is 129 Å². The summed E-state index contributed by atoms with van der Waals surface area (Å²) in [6.07, 6.45) is 1.66. The molecule has 1 aliphatic carbocycles. The van der Waals surface area contributed by atoms with Crippen molar-refractivity contribution in [3.63, 3.8) is 0 Å². The van der Waals surface area contributed by atoms with E-state index in [-0.39, 0.29) is 12.4 Å².